The number of benzene rings is 2. The van der Waals surface area contributed by atoms with Gasteiger partial charge in [0.1, 0.15) is 0 Å². The van der Waals surface area contributed by atoms with Crippen LogP contribution in [0.15, 0.2) is 48.7 Å². The Labute approximate surface area is 132 Å². The first kappa shape index (κ1) is 13.7. The number of carbonyl (C=O) groups excluding carboxylic acids is 2. The van der Waals surface area contributed by atoms with Gasteiger partial charge >= 0.3 is 0 Å². The highest BCUT2D eigenvalue weighted by Gasteiger charge is 2.48. The van der Waals surface area contributed by atoms with Crippen molar-refractivity contribution in [2.45, 2.75) is 12.5 Å². The summed E-state index contributed by atoms with van der Waals surface area (Å²) in [5.74, 6) is -1.23. The Bertz CT molecular complexity index is 973. The van der Waals surface area contributed by atoms with E-state index in [1.165, 1.54) is 0 Å². The van der Waals surface area contributed by atoms with E-state index in [1.54, 1.807) is 30.5 Å². The van der Waals surface area contributed by atoms with E-state index in [0.717, 1.165) is 16.5 Å². The van der Waals surface area contributed by atoms with E-state index in [1.807, 2.05) is 25.1 Å². The minimum atomic E-state index is -1.91. The molecule has 0 saturated carbocycles. The average molecular weight is 306 g/mol. The van der Waals surface area contributed by atoms with Crippen LogP contribution in [-0.2, 0) is 10.4 Å². The first-order chi connectivity index (χ1) is 11.0. The summed E-state index contributed by atoms with van der Waals surface area (Å²) >= 11 is 0. The largest absolute Gasteiger partial charge is 0.372 e. The molecular weight excluding hydrogens is 292 g/mol. The van der Waals surface area contributed by atoms with Gasteiger partial charge in [0.05, 0.1) is 0 Å². The predicted octanol–water partition coefficient (Wildman–Crippen LogP) is 1.98. The molecule has 0 radical (unpaired) electrons. The van der Waals surface area contributed by atoms with Gasteiger partial charge < -0.3 is 10.1 Å². The molecule has 3 aromatic rings. The Hall–Kier alpha value is -2.92. The lowest BCUT2D eigenvalue weighted by atomic mass is 9.80. The molecule has 0 bridgehead atoms. The van der Waals surface area contributed by atoms with Crippen LogP contribution in [0.5, 0.6) is 0 Å². The summed E-state index contributed by atoms with van der Waals surface area (Å²) < 4.78 is 0. The van der Waals surface area contributed by atoms with Crippen molar-refractivity contribution in [3.05, 3.63) is 70.9 Å². The van der Waals surface area contributed by atoms with Gasteiger partial charge in [0, 0.05) is 33.8 Å². The fourth-order valence-electron chi connectivity index (χ4n) is 3.25. The van der Waals surface area contributed by atoms with Gasteiger partial charge in [-0.15, -0.1) is 0 Å². The Morgan fingerprint density at radius 1 is 1.00 bits per heavy atom. The molecule has 5 nitrogen and oxygen atoms in total. The van der Waals surface area contributed by atoms with Crippen LogP contribution < -0.4 is 5.32 Å². The number of para-hydroxylation sites is 1. The van der Waals surface area contributed by atoms with Crippen LogP contribution in [0.25, 0.3) is 10.9 Å². The first-order valence-corrected chi connectivity index (χ1v) is 7.28. The third-order valence-corrected chi connectivity index (χ3v) is 4.43. The SMILES string of the molecule is Cc1cccc2c(C3(O)C(=O)NC(=O)c4ccccc43)c[nH]c12. The van der Waals surface area contributed by atoms with E-state index in [-0.39, 0.29) is 0 Å². The molecule has 0 saturated heterocycles. The van der Waals surface area contributed by atoms with Crippen LogP contribution in [0.2, 0.25) is 0 Å². The smallest absolute Gasteiger partial charge is 0.268 e. The molecule has 0 spiro atoms. The van der Waals surface area contributed by atoms with Crippen molar-refractivity contribution in [3.8, 4) is 0 Å². The molecule has 1 atom stereocenters. The number of aromatic amines is 1. The fraction of sp³-hybridized carbons (Fsp3) is 0.111. The molecule has 23 heavy (non-hydrogen) atoms. The Balaban J connectivity index is 2.06. The van der Waals surface area contributed by atoms with E-state index in [9.17, 15) is 14.7 Å². The van der Waals surface area contributed by atoms with Crippen LogP contribution in [-0.4, -0.2) is 21.9 Å². The van der Waals surface area contributed by atoms with E-state index >= 15 is 0 Å². The predicted molar refractivity (Wildman–Crippen MR) is 84.9 cm³/mol. The van der Waals surface area contributed by atoms with Crippen molar-refractivity contribution in [2.24, 2.45) is 0 Å². The van der Waals surface area contributed by atoms with Crippen molar-refractivity contribution in [1.82, 2.24) is 10.3 Å². The maximum Gasteiger partial charge on any atom is 0.268 e. The van der Waals surface area contributed by atoms with E-state index in [0.29, 0.717) is 16.7 Å². The topological polar surface area (TPSA) is 82.2 Å². The summed E-state index contributed by atoms with van der Waals surface area (Å²) in [5.41, 5.74) is 1.01. The third-order valence-electron chi connectivity index (χ3n) is 4.43. The van der Waals surface area contributed by atoms with Gasteiger partial charge in [-0.3, -0.25) is 14.9 Å². The number of amides is 2. The normalized spacial score (nSPS) is 20.4. The molecule has 2 heterocycles. The number of hydrogen-bond acceptors (Lipinski definition) is 3. The molecular formula is C18H14N2O3. The first-order valence-electron chi connectivity index (χ1n) is 7.28. The average Bonchev–Trinajstić information content (AvgIpc) is 2.99. The molecule has 1 unspecified atom stereocenters. The molecule has 1 aliphatic rings. The van der Waals surface area contributed by atoms with Crippen LogP contribution in [0.4, 0.5) is 0 Å². The van der Waals surface area contributed by atoms with Crippen LogP contribution >= 0.6 is 0 Å². The van der Waals surface area contributed by atoms with Crippen LogP contribution in [0.3, 0.4) is 0 Å². The lowest BCUT2D eigenvalue weighted by Crippen LogP contribution is -2.52. The number of rotatable bonds is 1. The zero-order valence-corrected chi connectivity index (χ0v) is 12.4. The van der Waals surface area contributed by atoms with Gasteiger partial charge in [0.25, 0.3) is 11.8 Å². The Kier molecular flexibility index (Phi) is 2.71. The van der Waals surface area contributed by atoms with Gasteiger partial charge in [-0.2, -0.15) is 0 Å². The minimum absolute atomic E-state index is 0.302. The number of hydrogen-bond donors (Lipinski definition) is 3. The lowest BCUT2D eigenvalue weighted by molar-refractivity contribution is -0.136. The standard InChI is InChI=1S/C18H14N2O3/c1-10-5-4-7-11-14(9-19-15(10)11)18(23)13-8-3-2-6-12(13)16(21)20-17(18)22/h2-9,19,23H,1H3,(H,20,21,22). The van der Waals surface area contributed by atoms with Crippen LogP contribution in [0.1, 0.15) is 27.0 Å². The molecule has 4 rings (SSSR count). The fourth-order valence-corrected chi connectivity index (χ4v) is 3.25. The Morgan fingerprint density at radius 3 is 2.61 bits per heavy atom. The van der Waals surface area contributed by atoms with E-state index in [2.05, 4.69) is 10.3 Å². The van der Waals surface area contributed by atoms with Gasteiger partial charge in [-0.1, -0.05) is 36.4 Å². The van der Waals surface area contributed by atoms with Gasteiger partial charge in [-0.25, -0.2) is 0 Å². The summed E-state index contributed by atoms with van der Waals surface area (Å²) in [6.45, 7) is 1.95. The monoisotopic (exact) mass is 306 g/mol. The molecule has 114 valence electrons. The summed E-state index contributed by atoms with van der Waals surface area (Å²) in [6, 6.07) is 12.3. The highest BCUT2D eigenvalue weighted by molar-refractivity contribution is 6.14. The van der Waals surface area contributed by atoms with Crippen molar-refractivity contribution in [2.75, 3.05) is 0 Å². The zero-order chi connectivity index (χ0) is 16.2. The zero-order valence-electron chi connectivity index (χ0n) is 12.4. The molecule has 1 aliphatic heterocycles. The number of aromatic nitrogens is 1. The van der Waals surface area contributed by atoms with Gasteiger partial charge in [0.2, 0.25) is 0 Å². The van der Waals surface area contributed by atoms with E-state index in [4.69, 9.17) is 0 Å². The summed E-state index contributed by atoms with van der Waals surface area (Å²) in [4.78, 5) is 27.7. The molecule has 5 heteroatoms. The number of imide groups is 1. The molecule has 1 aromatic heterocycles. The second-order valence-electron chi connectivity index (χ2n) is 5.74. The van der Waals surface area contributed by atoms with Crippen molar-refractivity contribution in [1.29, 1.82) is 0 Å². The van der Waals surface area contributed by atoms with Crippen molar-refractivity contribution in [3.63, 3.8) is 0 Å². The Morgan fingerprint density at radius 2 is 1.78 bits per heavy atom. The van der Waals surface area contributed by atoms with Crippen LogP contribution in [0, 0.1) is 6.92 Å². The molecule has 0 fully saturated rings. The highest BCUT2D eigenvalue weighted by atomic mass is 16.3. The minimum Gasteiger partial charge on any atom is -0.372 e. The molecule has 2 amide bonds. The summed E-state index contributed by atoms with van der Waals surface area (Å²) in [7, 11) is 0. The molecule has 0 aliphatic carbocycles. The van der Waals surface area contributed by atoms with Gasteiger partial charge in [0.15, 0.2) is 5.60 Å². The quantitative estimate of drug-likeness (QED) is 0.601. The second-order valence-corrected chi connectivity index (χ2v) is 5.74. The molecule has 3 N–H and O–H groups in total. The number of fused-ring (bicyclic) bond motifs is 2. The highest BCUT2D eigenvalue weighted by Crippen LogP contribution is 2.39. The maximum atomic E-state index is 12.5. The number of nitrogens with one attached hydrogen (secondary N) is 2. The van der Waals surface area contributed by atoms with Crippen molar-refractivity contribution < 1.29 is 14.7 Å². The summed E-state index contributed by atoms with van der Waals surface area (Å²) in [5, 5.41) is 14.3. The number of aryl methyl sites for hydroxylation is 1. The number of carbonyl (C=O) groups is 2. The number of aliphatic hydroxyl groups is 1. The van der Waals surface area contributed by atoms with Gasteiger partial charge in [-0.05, 0) is 18.6 Å². The van der Waals surface area contributed by atoms with Crippen molar-refractivity contribution >= 4 is 22.7 Å². The summed E-state index contributed by atoms with van der Waals surface area (Å²) in [6.07, 6.45) is 1.63. The second kappa shape index (κ2) is 4.54. The third kappa shape index (κ3) is 1.71. The number of H-pyrrole nitrogens is 1. The molecule has 2 aromatic carbocycles. The lowest BCUT2D eigenvalue weighted by Gasteiger charge is -2.32. The maximum absolute atomic E-state index is 12.5. The van der Waals surface area contributed by atoms with E-state index < -0.39 is 17.4 Å².